The van der Waals surface area contributed by atoms with Crippen molar-refractivity contribution in [2.75, 3.05) is 0 Å². The molecule has 0 saturated carbocycles. The first-order chi connectivity index (χ1) is 4.76. The summed E-state index contributed by atoms with van der Waals surface area (Å²) >= 11 is 5.04. The van der Waals surface area contributed by atoms with Crippen LogP contribution in [-0.2, 0) is 4.79 Å². The van der Waals surface area contributed by atoms with Gasteiger partial charge < -0.3 is 0 Å². The standard InChI is InChI=1S/C6H10ClNO3/c1-6(2,3)4(5(7)9)8(10)11/h4H,1-3H3. The molecule has 0 aliphatic carbocycles. The first kappa shape index (κ1) is 10.4. The number of hydrogen-bond donors (Lipinski definition) is 0. The van der Waals surface area contributed by atoms with Crippen molar-refractivity contribution < 1.29 is 9.72 Å². The molecule has 0 rings (SSSR count). The Balaban J connectivity index is 4.63. The molecular weight excluding hydrogens is 170 g/mol. The molecule has 0 N–H and O–H groups in total. The zero-order valence-electron chi connectivity index (χ0n) is 6.63. The summed E-state index contributed by atoms with van der Waals surface area (Å²) in [6.07, 6.45) is 0. The highest BCUT2D eigenvalue weighted by atomic mass is 35.5. The monoisotopic (exact) mass is 179 g/mol. The molecule has 11 heavy (non-hydrogen) atoms. The summed E-state index contributed by atoms with van der Waals surface area (Å²) in [5.41, 5.74) is -0.720. The lowest BCUT2D eigenvalue weighted by Gasteiger charge is -2.19. The van der Waals surface area contributed by atoms with Crippen molar-refractivity contribution in [1.82, 2.24) is 0 Å². The molecule has 1 unspecified atom stereocenters. The second kappa shape index (κ2) is 3.17. The van der Waals surface area contributed by atoms with Crippen molar-refractivity contribution in [3.05, 3.63) is 10.1 Å². The van der Waals surface area contributed by atoms with Gasteiger partial charge in [0.05, 0.1) is 0 Å². The van der Waals surface area contributed by atoms with Gasteiger partial charge in [-0.05, 0) is 11.6 Å². The van der Waals surface area contributed by atoms with E-state index in [0.717, 1.165) is 0 Å². The molecule has 0 aromatic rings. The van der Waals surface area contributed by atoms with Gasteiger partial charge in [-0.3, -0.25) is 14.9 Å². The van der Waals surface area contributed by atoms with Crippen molar-refractivity contribution in [1.29, 1.82) is 0 Å². The third-order valence-electron chi connectivity index (χ3n) is 1.25. The first-order valence-electron chi connectivity index (χ1n) is 3.09. The van der Waals surface area contributed by atoms with Gasteiger partial charge in [-0.1, -0.05) is 20.8 Å². The Hall–Kier alpha value is -0.640. The summed E-state index contributed by atoms with van der Waals surface area (Å²) in [5, 5.41) is 9.37. The van der Waals surface area contributed by atoms with Crippen molar-refractivity contribution in [3.8, 4) is 0 Å². The van der Waals surface area contributed by atoms with E-state index in [1.54, 1.807) is 20.8 Å². The molecular formula is C6H10ClNO3. The lowest BCUT2D eigenvalue weighted by Crippen LogP contribution is -2.38. The third kappa shape index (κ3) is 2.84. The van der Waals surface area contributed by atoms with Gasteiger partial charge in [0.15, 0.2) is 0 Å². The molecule has 0 radical (unpaired) electrons. The fourth-order valence-corrected chi connectivity index (χ4v) is 1.15. The molecule has 0 fully saturated rings. The van der Waals surface area contributed by atoms with E-state index in [1.807, 2.05) is 0 Å². The number of carbonyl (C=O) groups is 1. The van der Waals surface area contributed by atoms with E-state index in [0.29, 0.717) is 0 Å². The van der Waals surface area contributed by atoms with Crippen LogP contribution in [0.5, 0.6) is 0 Å². The molecule has 0 saturated heterocycles. The molecule has 5 heteroatoms. The maximum atomic E-state index is 10.6. The fraction of sp³-hybridized carbons (Fsp3) is 0.833. The molecule has 0 aliphatic rings. The van der Waals surface area contributed by atoms with Crippen LogP contribution in [0.3, 0.4) is 0 Å². The minimum atomic E-state index is -1.32. The molecule has 0 aliphatic heterocycles. The van der Waals surface area contributed by atoms with Crippen LogP contribution in [0, 0.1) is 15.5 Å². The van der Waals surface area contributed by atoms with E-state index in [1.165, 1.54) is 0 Å². The largest absolute Gasteiger partial charge is 0.296 e. The molecule has 0 aromatic carbocycles. The van der Waals surface area contributed by atoms with Crippen molar-refractivity contribution in [2.24, 2.45) is 5.41 Å². The fourth-order valence-electron chi connectivity index (χ4n) is 0.740. The molecule has 64 valence electrons. The predicted molar refractivity (Wildman–Crippen MR) is 41.1 cm³/mol. The Morgan fingerprint density at radius 2 is 1.91 bits per heavy atom. The Bertz CT molecular complexity index is 171. The van der Waals surface area contributed by atoms with Crippen LogP contribution in [0.4, 0.5) is 0 Å². The zero-order valence-corrected chi connectivity index (χ0v) is 7.38. The van der Waals surface area contributed by atoms with Gasteiger partial charge in [-0.2, -0.15) is 0 Å². The Morgan fingerprint density at radius 3 is 1.91 bits per heavy atom. The molecule has 0 amide bonds. The van der Waals surface area contributed by atoms with Crippen LogP contribution < -0.4 is 0 Å². The molecule has 0 bridgehead atoms. The second-order valence-electron chi connectivity index (χ2n) is 3.36. The average Bonchev–Trinajstić information content (AvgIpc) is 1.54. The molecule has 4 nitrogen and oxygen atoms in total. The molecule has 0 aromatic heterocycles. The van der Waals surface area contributed by atoms with Gasteiger partial charge in [0.25, 0.3) is 11.3 Å². The number of halogens is 1. The minimum Gasteiger partial charge on any atom is -0.273 e. The van der Waals surface area contributed by atoms with Gasteiger partial charge in [0.1, 0.15) is 0 Å². The summed E-state index contributed by atoms with van der Waals surface area (Å²) in [4.78, 5) is 20.2. The van der Waals surface area contributed by atoms with Gasteiger partial charge in [0.2, 0.25) is 0 Å². The number of nitrogens with zero attached hydrogens (tertiary/aromatic N) is 1. The van der Waals surface area contributed by atoms with Gasteiger partial charge in [0, 0.05) is 10.3 Å². The summed E-state index contributed by atoms with van der Waals surface area (Å²) in [5.74, 6) is 0. The van der Waals surface area contributed by atoms with E-state index < -0.39 is 21.6 Å². The Morgan fingerprint density at radius 1 is 1.55 bits per heavy atom. The topological polar surface area (TPSA) is 60.2 Å². The van der Waals surface area contributed by atoms with Crippen LogP contribution in [0.15, 0.2) is 0 Å². The van der Waals surface area contributed by atoms with Crippen LogP contribution in [0.1, 0.15) is 20.8 Å². The predicted octanol–water partition coefficient (Wildman–Crippen LogP) is 1.44. The van der Waals surface area contributed by atoms with E-state index >= 15 is 0 Å². The SMILES string of the molecule is CC(C)(C)C(C(=O)Cl)[N+](=O)[O-]. The second-order valence-corrected chi connectivity index (χ2v) is 3.73. The zero-order chi connectivity index (χ0) is 9.23. The Labute approximate surface area is 69.7 Å². The molecule has 0 heterocycles. The highest BCUT2D eigenvalue weighted by Gasteiger charge is 2.40. The third-order valence-corrected chi connectivity index (χ3v) is 1.45. The number of hydrogen-bond acceptors (Lipinski definition) is 3. The van der Waals surface area contributed by atoms with Gasteiger partial charge >= 0.3 is 0 Å². The van der Waals surface area contributed by atoms with Crippen LogP contribution in [0.25, 0.3) is 0 Å². The van der Waals surface area contributed by atoms with Crippen LogP contribution in [-0.4, -0.2) is 16.2 Å². The maximum absolute atomic E-state index is 10.6. The van der Waals surface area contributed by atoms with Gasteiger partial charge in [-0.25, -0.2) is 0 Å². The van der Waals surface area contributed by atoms with E-state index in [4.69, 9.17) is 11.6 Å². The van der Waals surface area contributed by atoms with E-state index in [9.17, 15) is 14.9 Å². The smallest absolute Gasteiger partial charge is 0.273 e. The summed E-state index contributed by atoms with van der Waals surface area (Å²) < 4.78 is 0. The molecule has 1 atom stereocenters. The van der Waals surface area contributed by atoms with Crippen LogP contribution >= 0.6 is 11.6 Å². The quantitative estimate of drug-likeness (QED) is 0.366. The van der Waals surface area contributed by atoms with Crippen molar-refractivity contribution in [3.63, 3.8) is 0 Å². The van der Waals surface area contributed by atoms with Crippen LogP contribution in [0.2, 0.25) is 0 Å². The highest BCUT2D eigenvalue weighted by molar-refractivity contribution is 6.64. The number of nitro groups is 1. The van der Waals surface area contributed by atoms with Gasteiger partial charge in [-0.15, -0.1) is 0 Å². The normalized spacial score (nSPS) is 14.2. The highest BCUT2D eigenvalue weighted by Crippen LogP contribution is 2.23. The first-order valence-corrected chi connectivity index (χ1v) is 3.47. The number of rotatable bonds is 2. The lowest BCUT2D eigenvalue weighted by atomic mass is 9.88. The van der Waals surface area contributed by atoms with E-state index in [2.05, 4.69) is 0 Å². The average molecular weight is 180 g/mol. The Kier molecular flexibility index (Phi) is 2.99. The number of carbonyl (C=O) groups excluding carboxylic acids is 1. The summed E-state index contributed by atoms with van der Waals surface area (Å²) in [7, 11) is 0. The minimum absolute atomic E-state index is 0.657. The summed E-state index contributed by atoms with van der Waals surface area (Å²) in [6, 6.07) is -1.32. The van der Waals surface area contributed by atoms with Crippen molar-refractivity contribution in [2.45, 2.75) is 26.8 Å². The lowest BCUT2D eigenvalue weighted by molar-refractivity contribution is -0.522. The molecule has 0 spiro atoms. The maximum Gasteiger partial charge on any atom is 0.296 e. The van der Waals surface area contributed by atoms with E-state index in [-0.39, 0.29) is 0 Å². The summed E-state index contributed by atoms with van der Waals surface area (Å²) in [6.45, 7) is 4.79. The van der Waals surface area contributed by atoms with Crippen molar-refractivity contribution >= 4 is 16.8 Å².